The van der Waals surface area contributed by atoms with Crippen molar-refractivity contribution >= 4 is 18.6 Å². The second-order valence-corrected chi connectivity index (χ2v) is 9.79. The molecule has 6 heteroatoms. The summed E-state index contributed by atoms with van der Waals surface area (Å²) in [6.45, 7) is 5.26. The largest absolute Gasteiger partial charge is 0.368 e. The van der Waals surface area contributed by atoms with E-state index in [0.29, 0.717) is 0 Å². The van der Waals surface area contributed by atoms with Gasteiger partial charge in [0.2, 0.25) is 0 Å². The van der Waals surface area contributed by atoms with Gasteiger partial charge in [0.25, 0.3) is 0 Å². The summed E-state index contributed by atoms with van der Waals surface area (Å²) >= 11 is 0. The molecule has 0 fully saturated rings. The summed E-state index contributed by atoms with van der Waals surface area (Å²) in [7, 11) is -5.23. The molecule has 0 radical (unpaired) electrons. The zero-order chi connectivity index (χ0) is 8.58. The van der Waals surface area contributed by atoms with E-state index in [2.05, 4.69) is 0 Å². The van der Waals surface area contributed by atoms with E-state index in [0.717, 1.165) is 3.97 Å². The molecule has 0 unspecified atom stereocenters. The van der Waals surface area contributed by atoms with Crippen molar-refractivity contribution in [3.63, 3.8) is 0 Å². The average Bonchev–Trinajstić information content (AvgIpc) is 1.59. The van der Waals surface area contributed by atoms with Crippen molar-refractivity contribution in [1.82, 2.24) is 3.97 Å². The van der Waals surface area contributed by atoms with Crippen LogP contribution < -0.4 is 0 Å². The van der Waals surface area contributed by atoms with Gasteiger partial charge < -0.3 is 0 Å². The van der Waals surface area contributed by atoms with E-state index in [1.807, 2.05) is 0 Å². The molecular weight excluding hydrogens is 173 g/mol. The fourth-order valence-corrected chi connectivity index (χ4v) is 2.94. The number of hydrogen-bond acceptors (Lipinski definition) is 2. The lowest BCUT2D eigenvalue weighted by Crippen LogP contribution is -2.45. The standard InChI is InChI=1S/C4H12FNO2SSi/c1-6(9(5,7)8)10(2,3)4/h1-4H3. The molecule has 0 atom stereocenters. The Hall–Kier alpha value is 0.0569. The Bertz CT molecular complexity index is 208. The van der Waals surface area contributed by atoms with Gasteiger partial charge in [0, 0.05) is 0 Å². The molecular formula is C4H12FNO2SSi. The van der Waals surface area contributed by atoms with Crippen molar-refractivity contribution in [1.29, 1.82) is 0 Å². The summed E-state index contributed by atoms with van der Waals surface area (Å²) in [5.74, 6) is 0. The highest BCUT2D eigenvalue weighted by Gasteiger charge is 2.30. The third kappa shape index (κ3) is 2.76. The molecule has 0 N–H and O–H groups in total. The van der Waals surface area contributed by atoms with Crippen LogP contribution in [0.15, 0.2) is 0 Å². The lowest BCUT2D eigenvalue weighted by Gasteiger charge is -2.24. The number of nitrogens with zero attached hydrogens (tertiary/aromatic N) is 1. The third-order valence-corrected chi connectivity index (χ3v) is 6.11. The van der Waals surface area contributed by atoms with Crippen molar-refractivity contribution in [2.75, 3.05) is 7.05 Å². The molecule has 0 aliphatic carbocycles. The van der Waals surface area contributed by atoms with Gasteiger partial charge in [-0.2, -0.15) is 8.42 Å². The summed E-state index contributed by atoms with van der Waals surface area (Å²) in [5.41, 5.74) is 0. The van der Waals surface area contributed by atoms with Gasteiger partial charge >= 0.3 is 10.4 Å². The highest BCUT2D eigenvalue weighted by molar-refractivity contribution is 7.85. The molecule has 0 aromatic carbocycles. The molecule has 0 aromatic rings. The molecule has 0 aliphatic rings. The molecule has 62 valence electrons. The van der Waals surface area contributed by atoms with Crippen molar-refractivity contribution < 1.29 is 12.3 Å². The fourth-order valence-electron chi connectivity index (χ4n) is 0.327. The Morgan fingerprint density at radius 2 is 1.60 bits per heavy atom. The predicted molar refractivity (Wildman–Crippen MR) is 41.1 cm³/mol. The van der Waals surface area contributed by atoms with Crippen molar-refractivity contribution in [3.8, 4) is 0 Å². The van der Waals surface area contributed by atoms with E-state index in [1.165, 1.54) is 7.05 Å². The molecule has 0 saturated carbocycles. The van der Waals surface area contributed by atoms with Crippen LogP contribution in [0, 0.1) is 0 Å². The molecule has 3 nitrogen and oxygen atoms in total. The lowest BCUT2D eigenvalue weighted by atomic mass is 11.6. The maximum atomic E-state index is 12.2. The van der Waals surface area contributed by atoms with E-state index in [1.54, 1.807) is 19.6 Å². The van der Waals surface area contributed by atoms with Crippen LogP contribution in [-0.4, -0.2) is 27.7 Å². The van der Waals surface area contributed by atoms with Crippen molar-refractivity contribution in [2.45, 2.75) is 19.6 Å². The Morgan fingerprint density at radius 1 is 1.30 bits per heavy atom. The summed E-state index contributed by atoms with van der Waals surface area (Å²) in [6.07, 6.45) is 0. The quantitative estimate of drug-likeness (QED) is 0.475. The van der Waals surface area contributed by atoms with E-state index < -0.39 is 18.6 Å². The first-order valence-electron chi connectivity index (χ1n) is 2.84. The third-order valence-electron chi connectivity index (χ3n) is 1.27. The van der Waals surface area contributed by atoms with Crippen LogP contribution in [-0.2, 0) is 10.4 Å². The Balaban J connectivity index is 4.56. The van der Waals surface area contributed by atoms with Gasteiger partial charge in [-0.15, -0.1) is 0 Å². The molecule has 0 aliphatic heterocycles. The number of rotatable bonds is 2. The minimum absolute atomic E-state index is 0.819. The SMILES string of the molecule is CN([Si](C)(C)C)S(=O)(=O)F. The molecule has 0 amide bonds. The summed E-state index contributed by atoms with van der Waals surface area (Å²) < 4.78 is 33.6. The van der Waals surface area contributed by atoms with Gasteiger partial charge in [-0.05, 0) is 7.05 Å². The predicted octanol–water partition coefficient (Wildman–Crippen LogP) is 0.967. The van der Waals surface area contributed by atoms with Gasteiger partial charge in [-0.25, -0.2) is 3.97 Å². The Kier molecular flexibility index (Phi) is 2.61. The van der Waals surface area contributed by atoms with Gasteiger partial charge in [-0.1, -0.05) is 23.5 Å². The molecule has 0 bridgehead atoms. The summed E-state index contributed by atoms with van der Waals surface area (Å²) in [5, 5.41) is 0. The van der Waals surface area contributed by atoms with Crippen LogP contribution in [0.3, 0.4) is 0 Å². The molecule has 0 saturated heterocycles. The van der Waals surface area contributed by atoms with E-state index >= 15 is 0 Å². The smallest absolute Gasteiger partial charge is 0.201 e. The second-order valence-electron chi connectivity index (χ2n) is 3.08. The highest BCUT2D eigenvalue weighted by atomic mass is 32.3. The Morgan fingerprint density at radius 3 is 1.60 bits per heavy atom. The van der Waals surface area contributed by atoms with Crippen molar-refractivity contribution in [3.05, 3.63) is 0 Å². The molecule has 0 spiro atoms. The van der Waals surface area contributed by atoms with Gasteiger partial charge in [-0.3, -0.25) is 0 Å². The van der Waals surface area contributed by atoms with Crippen LogP contribution in [0.25, 0.3) is 0 Å². The monoisotopic (exact) mass is 185 g/mol. The van der Waals surface area contributed by atoms with Gasteiger partial charge in [0.15, 0.2) is 0 Å². The molecule has 0 rings (SSSR count). The molecule has 10 heavy (non-hydrogen) atoms. The first-order chi connectivity index (χ1) is 4.15. The maximum absolute atomic E-state index is 12.2. The normalized spacial score (nSPS) is 14.2. The fraction of sp³-hybridized carbons (Fsp3) is 1.00. The summed E-state index contributed by atoms with van der Waals surface area (Å²) in [4.78, 5) is 0. The van der Waals surface area contributed by atoms with Crippen LogP contribution in [0.5, 0.6) is 0 Å². The maximum Gasteiger partial charge on any atom is 0.368 e. The van der Waals surface area contributed by atoms with Crippen LogP contribution in [0.2, 0.25) is 19.6 Å². The van der Waals surface area contributed by atoms with Crippen LogP contribution in [0.4, 0.5) is 3.89 Å². The van der Waals surface area contributed by atoms with E-state index in [9.17, 15) is 12.3 Å². The van der Waals surface area contributed by atoms with Crippen molar-refractivity contribution in [2.24, 2.45) is 0 Å². The van der Waals surface area contributed by atoms with E-state index in [-0.39, 0.29) is 0 Å². The first kappa shape index (κ1) is 10.1. The Labute approximate surface area is 62.3 Å². The number of halogens is 1. The molecule has 0 aromatic heterocycles. The van der Waals surface area contributed by atoms with Crippen LogP contribution >= 0.6 is 0 Å². The minimum atomic E-state index is -4.47. The minimum Gasteiger partial charge on any atom is -0.201 e. The molecule has 0 heterocycles. The number of hydrogen-bond donors (Lipinski definition) is 0. The first-order valence-corrected chi connectivity index (χ1v) is 7.63. The van der Waals surface area contributed by atoms with E-state index in [4.69, 9.17) is 0 Å². The van der Waals surface area contributed by atoms with Gasteiger partial charge in [0.1, 0.15) is 8.24 Å². The zero-order valence-corrected chi connectivity index (χ0v) is 8.37. The summed E-state index contributed by atoms with van der Waals surface area (Å²) in [6, 6.07) is 0. The topological polar surface area (TPSA) is 37.4 Å². The average molecular weight is 185 g/mol. The highest BCUT2D eigenvalue weighted by Crippen LogP contribution is 2.12. The lowest BCUT2D eigenvalue weighted by molar-refractivity contribution is 0.505. The van der Waals surface area contributed by atoms with Gasteiger partial charge in [0.05, 0.1) is 0 Å². The second kappa shape index (κ2) is 2.59. The van der Waals surface area contributed by atoms with Crippen LogP contribution in [0.1, 0.15) is 0 Å². The zero-order valence-electron chi connectivity index (χ0n) is 6.55.